The van der Waals surface area contributed by atoms with Gasteiger partial charge in [-0.25, -0.2) is 4.21 Å². The van der Waals surface area contributed by atoms with Crippen molar-refractivity contribution in [3.8, 4) is 0 Å². The zero-order valence-electron chi connectivity index (χ0n) is 21.2. The highest BCUT2D eigenvalue weighted by atomic mass is 35.5. The normalized spacial score (nSPS) is 14.8. The van der Waals surface area contributed by atoms with Gasteiger partial charge in [0.2, 0.25) is 0 Å². The van der Waals surface area contributed by atoms with Crippen LogP contribution in [-0.4, -0.2) is 47.6 Å². The Balaban J connectivity index is 1.60. The number of carbonyl (C=O) groups is 2. The summed E-state index contributed by atoms with van der Waals surface area (Å²) >= 11 is 6.20. The first-order valence-electron chi connectivity index (χ1n) is 12.6. The van der Waals surface area contributed by atoms with Crippen LogP contribution >= 0.6 is 11.6 Å². The number of unbranched alkanes of at least 4 members (excludes halogenated alkanes) is 1. The fourth-order valence-corrected chi connectivity index (χ4v) is 5.93. The van der Waals surface area contributed by atoms with Gasteiger partial charge in [-0.3, -0.25) is 9.59 Å². The van der Waals surface area contributed by atoms with Crippen LogP contribution in [0, 0.1) is 0 Å². The average Bonchev–Trinajstić information content (AvgIpc) is 2.99. The third-order valence-electron chi connectivity index (χ3n) is 6.40. The maximum atomic E-state index is 13.7. The van der Waals surface area contributed by atoms with Gasteiger partial charge in [0.1, 0.15) is 0 Å². The Morgan fingerprint density at radius 3 is 2.57 bits per heavy atom. The Bertz CT molecular complexity index is 1310. The van der Waals surface area contributed by atoms with Gasteiger partial charge in [-0.05, 0) is 81.0 Å². The second kappa shape index (κ2) is 12.5. The highest BCUT2D eigenvalue weighted by Crippen LogP contribution is 2.36. The van der Waals surface area contributed by atoms with Gasteiger partial charge >= 0.3 is 0 Å². The lowest BCUT2D eigenvalue weighted by Gasteiger charge is -2.24. The molecule has 6 nitrogen and oxygen atoms in total. The standard InChI is InChI=1S/C29H32ClN3O3S/c1-3-4-16-32(2)17-8-15-31-28(34)22-13-14-27-25(19-22)33(20-21-9-7-10-23(30)18-21)29(35)24-11-5-6-12-26(24)37(27)36/h5-7,9-14,18-19H,3-4,8,15-17,20H2,1-2H3,(H,31,34)/t37-/m1/s1. The van der Waals surface area contributed by atoms with Crippen molar-refractivity contribution in [3.63, 3.8) is 0 Å². The molecule has 0 fully saturated rings. The smallest absolute Gasteiger partial charge is 0.259 e. The largest absolute Gasteiger partial charge is 0.352 e. The summed E-state index contributed by atoms with van der Waals surface area (Å²) in [6.45, 7) is 4.91. The predicted molar refractivity (Wildman–Crippen MR) is 149 cm³/mol. The van der Waals surface area contributed by atoms with E-state index in [1.165, 1.54) is 0 Å². The number of rotatable bonds is 10. The highest BCUT2D eigenvalue weighted by Gasteiger charge is 2.31. The van der Waals surface area contributed by atoms with Gasteiger partial charge in [0, 0.05) is 17.1 Å². The van der Waals surface area contributed by atoms with Gasteiger partial charge in [0.05, 0.1) is 38.4 Å². The molecule has 0 aliphatic carbocycles. The van der Waals surface area contributed by atoms with E-state index in [0.717, 1.165) is 37.9 Å². The number of hydrogen-bond donors (Lipinski definition) is 1. The van der Waals surface area contributed by atoms with Gasteiger partial charge in [-0.1, -0.05) is 49.2 Å². The third-order valence-corrected chi connectivity index (χ3v) is 8.13. The quantitative estimate of drug-likeness (QED) is 0.346. The van der Waals surface area contributed by atoms with Crippen molar-refractivity contribution in [3.05, 3.63) is 88.4 Å². The lowest BCUT2D eigenvalue weighted by atomic mass is 10.1. The summed E-state index contributed by atoms with van der Waals surface area (Å²) in [5.41, 5.74) is 2.10. The van der Waals surface area contributed by atoms with Gasteiger partial charge < -0.3 is 15.1 Å². The molecule has 0 radical (unpaired) electrons. The molecule has 8 heteroatoms. The molecule has 0 spiro atoms. The molecular weight excluding hydrogens is 506 g/mol. The van der Waals surface area contributed by atoms with Crippen molar-refractivity contribution in [2.45, 2.75) is 42.5 Å². The van der Waals surface area contributed by atoms with Crippen LogP contribution in [0.2, 0.25) is 5.02 Å². The molecule has 3 aromatic rings. The Morgan fingerprint density at radius 1 is 1.00 bits per heavy atom. The minimum atomic E-state index is -1.57. The van der Waals surface area contributed by atoms with E-state index in [9.17, 15) is 13.8 Å². The van der Waals surface area contributed by atoms with Crippen LogP contribution in [0.15, 0.2) is 76.5 Å². The van der Waals surface area contributed by atoms with Crippen LogP contribution in [0.25, 0.3) is 0 Å². The fourth-order valence-electron chi connectivity index (χ4n) is 4.37. The molecule has 0 saturated heterocycles. The van der Waals surface area contributed by atoms with E-state index < -0.39 is 10.8 Å². The zero-order chi connectivity index (χ0) is 26.4. The zero-order valence-corrected chi connectivity index (χ0v) is 22.8. The molecule has 194 valence electrons. The first kappa shape index (κ1) is 27.0. The molecule has 37 heavy (non-hydrogen) atoms. The monoisotopic (exact) mass is 537 g/mol. The number of nitrogens with zero attached hydrogens (tertiary/aromatic N) is 2. The number of carbonyl (C=O) groups excluding carboxylic acids is 2. The molecule has 1 heterocycles. The van der Waals surface area contributed by atoms with Gasteiger partial charge in [0.15, 0.2) is 0 Å². The number of nitrogens with one attached hydrogen (secondary N) is 1. The molecule has 3 aromatic carbocycles. The van der Waals surface area contributed by atoms with Crippen molar-refractivity contribution < 1.29 is 13.8 Å². The second-order valence-corrected chi connectivity index (χ2v) is 11.1. The maximum absolute atomic E-state index is 13.7. The molecule has 2 amide bonds. The minimum Gasteiger partial charge on any atom is -0.352 e. The van der Waals surface area contributed by atoms with E-state index >= 15 is 0 Å². The molecule has 4 rings (SSSR count). The van der Waals surface area contributed by atoms with Crippen LogP contribution in [0.5, 0.6) is 0 Å². The summed E-state index contributed by atoms with van der Waals surface area (Å²) in [4.78, 5) is 31.5. The third kappa shape index (κ3) is 6.47. The van der Waals surface area contributed by atoms with Crippen molar-refractivity contribution in [2.75, 3.05) is 31.6 Å². The molecule has 0 unspecified atom stereocenters. The SMILES string of the molecule is CCCCN(C)CCCNC(=O)c1ccc2c(c1)N(Cc1cccc(Cl)c1)C(=O)c1ccccc1[S@]2=O. The molecule has 0 saturated carbocycles. The Morgan fingerprint density at radius 2 is 1.78 bits per heavy atom. The summed E-state index contributed by atoms with van der Waals surface area (Å²) < 4.78 is 13.6. The number of anilines is 1. The Kier molecular flexibility index (Phi) is 9.14. The topological polar surface area (TPSA) is 69.7 Å². The number of fused-ring (bicyclic) bond motifs is 2. The van der Waals surface area contributed by atoms with E-state index in [0.29, 0.717) is 38.2 Å². The number of halogens is 1. The van der Waals surface area contributed by atoms with E-state index in [-0.39, 0.29) is 18.4 Å². The van der Waals surface area contributed by atoms with Gasteiger partial charge in [0.25, 0.3) is 11.8 Å². The lowest BCUT2D eigenvalue weighted by molar-refractivity contribution is 0.0948. The van der Waals surface area contributed by atoms with E-state index in [1.807, 2.05) is 12.1 Å². The average molecular weight is 538 g/mol. The maximum Gasteiger partial charge on any atom is 0.259 e. The molecular formula is C29H32ClN3O3S. The summed E-state index contributed by atoms with van der Waals surface area (Å²) in [6, 6.07) is 19.3. The summed E-state index contributed by atoms with van der Waals surface area (Å²) in [7, 11) is 0.517. The van der Waals surface area contributed by atoms with Crippen molar-refractivity contribution in [1.82, 2.24) is 10.2 Å². The van der Waals surface area contributed by atoms with Crippen LogP contribution in [0.1, 0.15) is 52.5 Å². The van der Waals surface area contributed by atoms with Crippen LogP contribution in [0.3, 0.4) is 0 Å². The molecule has 1 aliphatic heterocycles. The summed E-state index contributed by atoms with van der Waals surface area (Å²) in [5.74, 6) is -0.489. The summed E-state index contributed by atoms with van der Waals surface area (Å²) in [5, 5.41) is 3.55. The number of amides is 2. The molecule has 0 aromatic heterocycles. The Hall–Kier alpha value is -3.00. The fraction of sp³-hybridized carbons (Fsp3) is 0.310. The molecule has 1 aliphatic rings. The van der Waals surface area contributed by atoms with Crippen LogP contribution < -0.4 is 10.2 Å². The van der Waals surface area contributed by atoms with Gasteiger partial charge in [-0.2, -0.15) is 0 Å². The van der Waals surface area contributed by atoms with Crippen LogP contribution in [0.4, 0.5) is 5.69 Å². The van der Waals surface area contributed by atoms with Crippen molar-refractivity contribution in [2.24, 2.45) is 0 Å². The Labute approximate surface area is 226 Å². The minimum absolute atomic E-state index is 0.221. The first-order valence-corrected chi connectivity index (χ1v) is 14.1. The second-order valence-electron chi connectivity index (χ2n) is 9.23. The first-order chi connectivity index (χ1) is 17.9. The van der Waals surface area contributed by atoms with Gasteiger partial charge in [-0.15, -0.1) is 0 Å². The lowest BCUT2D eigenvalue weighted by Crippen LogP contribution is -2.31. The van der Waals surface area contributed by atoms with E-state index in [4.69, 9.17) is 11.6 Å². The predicted octanol–water partition coefficient (Wildman–Crippen LogP) is 5.52. The number of benzene rings is 3. The molecule has 1 N–H and O–H groups in total. The molecule has 1 atom stereocenters. The van der Waals surface area contributed by atoms with Crippen molar-refractivity contribution >= 4 is 39.9 Å². The van der Waals surface area contributed by atoms with E-state index in [2.05, 4.69) is 24.2 Å². The van der Waals surface area contributed by atoms with Crippen molar-refractivity contribution in [1.29, 1.82) is 0 Å². The summed E-state index contributed by atoms with van der Waals surface area (Å²) in [6.07, 6.45) is 3.16. The van der Waals surface area contributed by atoms with E-state index in [1.54, 1.807) is 59.5 Å². The van der Waals surface area contributed by atoms with Crippen LogP contribution in [-0.2, 0) is 17.3 Å². The number of hydrogen-bond acceptors (Lipinski definition) is 4. The molecule has 0 bridgehead atoms. The highest BCUT2D eigenvalue weighted by molar-refractivity contribution is 7.85.